The zero-order valence-electron chi connectivity index (χ0n) is 17.5. The number of carbonyl (C=O) groups excluding carboxylic acids is 3. The third-order valence-corrected chi connectivity index (χ3v) is 6.23. The van der Waals surface area contributed by atoms with E-state index in [1.54, 1.807) is 30.3 Å². The molecule has 3 amide bonds. The van der Waals surface area contributed by atoms with Gasteiger partial charge in [0.25, 0.3) is 11.1 Å². The number of para-hydroxylation sites is 1. The molecule has 1 N–H and O–H groups in total. The lowest BCUT2D eigenvalue weighted by atomic mass is 10.2. The molecule has 1 aromatic heterocycles. The molecule has 3 aromatic rings. The summed E-state index contributed by atoms with van der Waals surface area (Å²) in [7, 11) is 0. The van der Waals surface area contributed by atoms with Gasteiger partial charge in [-0.3, -0.25) is 19.3 Å². The Balaban J connectivity index is 1.53. The number of rotatable bonds is 5. The van der Waals surface area contributed by atoms with Gasteiger partial charge in [0.2, 0.25) is 5.91 Å². The zero-order valence-corrected chi connectivity index (χ0v) is 19.0. The second kappa shape index (κ2) is 9.06. The van der Waals surface area contributed by atoms with Crippen molar-refractivity contribution >= 4 is 52.2 Å². The van der Waals surface area contributed by atoms with Crippen molar-refractivity contribution in [3.63, 3.8) is 0 Å². The van der Waals surface area contributed by atoms with E-state index in [0.29, 0.717) is 15.6 Å². The molecular formula is C24H20ClN3O3S. The quantitative estimate of drug-likeness (QED) is 0.510. The van der Waals surface area contributed by atoms with Crippen LogP contribution in [-0.4, -0.2) is 33.1 Å². The minimum Gasteiger partial charge on any atom is -0.325 e. The Morgan fingerprint density at radius 1 is 1.06 bits per heavy atom. The molecule has 0 radical (unpaired) electrons. The van der Waals surface area contributed by atoms with Gasteiger partial charge in [0.1, 0.15) is 6.54 Å². The number of aromatic nitrogens is 1. The monoisotopic (exact) mass is 465 g/mol. The number of imide groups is 1. The lowest BCUT2D eigenvalue weighted by molar-refractivity contribution is -0.127. The van der Waals surface area contributed by atoms with Crippen molar-refractivity contribution in [1.82, 2.24) is 9.47 Å². The summed E-state index contributed by atoms with van der Waals surface area (Å²) in [4.78, 5) is 38.8. The predicted octanol–water partition coefficient (Wildman–Crippen LogP) is 5.42. The van der Waals surface area contributed by atoms with Crippen molar-refractivity contribution in [1.29, 1.82) is 0 Å². The summed E-state index contributed by atoms with van der Waals surface area (Å²) in [6.45, 7) is 3.59. The molecule has 162 valence electrons. The second-order valence-electron chi connectivity index (χ2n) is 7.32. The fourth-order valence-corrected chi connectivity index (χ4v) is 4.52. The van der Waals surface area contributed by atoms with Crippen molar-refractivity contribution in [2.75, 3.05) is 11.9 Å². The Morgan fingerprint density at radius 2 is 1.75 bits per heavy atom. The van der Waals surface area contributed by atoms with E-state index in [1.165, 1.54) is 0 Å². The molecule has 1 saturated heterocycles. The number of amides is 3. The van der Waals surface area contributed by atoms with Crippen LogP contribution in [0.2, 0.25) is 5.02 Å². The van der Waals surface area contributed by atoms with Crippen LogP contribution in [0.1, 0.15) is 17.0 Å². The average Bonchev–Trinajstić information content (AvgIpc) is 3.19. The number of halogens is 1. The molecule has 2 heterocycles. The molecule has 32 heavy (non-hydrogen) atoms. The van der Waals surface area contributed by atoms with Gasteiger partial charge in [-0.2, -0.15) is 0 Å². The Labute approximate surface area is 194 Å². The number of thioether (sulfide) groups is 1. The van der Waals surface area contributed by atoms with Crippen molar-refractivity contribution in [2.24, 2.45) is 0 Å². The largest absolute Gasteiger partial charge is 0.325 e. The van der Waals surface area contributed by atoms with Crippen LogP contribution in [-0.2, 0) is 9.59 Å². The third-order valence-electron chi connectivity index (χ3n) is 5.07. The molecule has 1 fully saturated rings. The SMILES string of the molecule is Cc1cc(/C=C2\SC(=O)N(CC(=O)Nc3ccccc3)C2=O)c(C)n1-c1ccc(Cl)cc1. The molecule has 6 nitrogen and oxygen atoms in total. The van der Waals surface area contributed by atoms with Crippen molar-refractivity contribution < 1.29 is 14.4 Å². The molecule has 4 rings (SSSR count). The number of carbonyl (C=O) groups is 3. The predicted molar refractivity (Wildman–Crippen MR) is 128 cm³/mol. The summed E-state index contributed by atoms with van der Waals surface area (Å²) < 4.78 is 2.06. The van der Waals surface area contributed by atoms with E-state index >= 15 is 0 Å². The Morgan fingerprint density at radius 3 is 2.44 bits per heavy atom. The van der Waals surface area contributed by atoms with Crippen LogP contribution in [0.5, 0.6) is 0 Å². The summed E-state index contributed by atoms with van der Waals surface area (Å²) in [6, 6.07) is 18.3. The highest BCUT2D eigenvalue weighted by Crippen LogP contribution is 2.33. The Bertz CT molecular complexity index is 1230. The van der Waals surface area contributed by atoms with Crippen LogP contribution in [0.3, 0.4) is 0 Å². The molecule has 0 spiro atoms. The molecule has 1 aliphatic rings. The number of nitrogens with zero attached hydrogens (tertiary/aromatic N) is 2. The second-order valence-corrected chi connectivity index (χ2v) is 8.75. The maximum absolute atomic E-state index is 12.8. The molecule has 0 saturated carbocycles. The van der Waals surface area contributed by atoms with Gasteiger partial charge in [-0.05, 0) is 79.7 Å². The van der Waals surface area contributed by atoms with E-state index in [2.05, 4.69) is 9.88 Å². The van der Waals surface area contributed by atoms with Gasteiger partial charge < -0.3 is 9.88 Å². The standard InChI is InChI=1S/C24H20ClN3O3S/c1-15-12-17(16(2)28(15)20-10-8-18(25)9-11-20)13-21-23(30)27(24(31)32-21)14-22(29)26-19-6-4-3-5-7-19/h3-13H,14H2,1-2H3,(H,26,29)/b21-13-. The van der Waals surface area contributed by atoms with Gasteiger partial charge >= 0.3 is 0 Å². The smallest absolute Gasteiger partial charge is 0.294 e. The minimum atomic E-state index is -0.473. The number of nitrogens with one attached hydrogen (secondary N) is 1. The first kappa shape index (κ1) is 21.9. The van der Waals surface area contributed by atoms with Gasteiger partial charge in [-0.15, -0.1) is 0 Å². The highest BCUT2D eigenvalue weighted by atomic mass is 35.5. The van der Waals surface area contributed by atoms with Crippen LogP contribution in [0.4, 0.5) is 10.5 Å². The molecule has 2 aromatic carbocycles. The van der Waals surface area contributed by atoms with E-state index in [1.807, 2.05) is 50.2 Å². The van der Waals surface area contributed by atoms with Gasteiger partial charge in [0, 0.05) is 27.8 Å². The topological polar surface area (TPSA) is 71.4 Å². The Kier molecular flexibility index (Phi) is 6.21. The highest BCUT2D eigenvalue weighted by Gasteiger charge is 2.36. The molecule has 0 aliphatic carbocycles. The third kappa shape index (κ3) is 4.49. The van der Waals surface area contributed by atoms with Crippen LogP contribution in [0.25, 0.3) is 11.8 Å². The Hall–Kier alpha value is -3.29. The van der Waals surface area contributed by atoms with Gasteiger partial charge in [0.15, 0.2) is 0 Å². The highest BCUT2D eigenvalue weighted by molar-refractivity contribution is 8.18. The molecular weight excluding hydrogens is 446 g/mol. The van der Waals surface area contributed by atoms with E-state index in [9.17, 15) is 14.4 Å². The zero-order chi connectivity index (χ0) is 22.8. The summed E-state index contributed by atoms with van der Waals surface area (Å²) in [6.07, 6.45) is 1.70. The molecule has 0 atom stereocenters. The van der Waals surface area contributed by atoms with Gasteiger partial charge in [-0.25, -0.2) is 0 Å². The normalized spacial score (nSPS) is 15.0. The van der Waals surface area contributed by atoms with Gasteiger partial charge in [0.05, 0.1) is 4.91 Å². The summed E-state index contributed by atoms with van der Waals surface area (Å²) in [5, 5.41) is 2.88. The molecule has 0 bridgehead atoms. The maximum atomic E-state index is 12.8. The van der Waals surface area contributed by atoms with E-state index in [0.717, 1.165) is 39.3 Å². The summed E-state index contributed by atoms with van der Waals surface area (Å²) in [5.74, 6) is -0.903. The number of hydrogen-bond acceptors (Lipinski definition) is 4. The van der Waals surface area contributed by atoms with Crippen molar-refractivity contribution in [3.8, 4) is 5.69 Å². The molecule has 8 heteroatoms. The maximum Gasteiger partial charge on any atom is 0.294 e. The van der Waals surface area contributed by atoms with E-state index in [-0.39, 0.29) is 6.54 Å². The average molecular weight is 466 g/mol. The van der Waals surface area contributed by atoms with Crippen molar-refractivity contribution in [3.05, 3.63) is 87.5 Å². The van der Waals surface area contributed by atoms with Crippen LogP contribution >= 0.6 is 23.4 Å². The first-order chi connectivity index (χ1) is 15.3. The molecule has 1 aliphatic heterocycles. The number of anilines is 1. The van der Waals surface area contributed by atoms with E-state index < -0.39 is 17.1 Å². The fraction of sp³-hybridized carbons (Fsp3) is 0.125. The van der Waals surface area contributed by atoms with Crippen LogP contribution in [0.15, 0.2) is 65.6 Å². The summed E-state index contributed by atoms with van der Waals surface area (Å²) in [5.41, 5.74) is 4.30. The number of hydrogen-bond donors (Lipinski definition) is 1. The lowest BCUT2D eigenvalue weighted by Gasteiger charge is -2.12. The number of aryl methyl sites for hydroxylation is 1. The number of benzene rings is 2. The molecule has 0 unspecified atom stereocenters. The fourth-order valence-electron chi connectivity index (χ4n) is 3.56. The van der Waals surface area contributed by atoms with Crippen molar-refractivity contribution in [2.45, 2.75) is 13.8 Å². The minimum absolute atomic E-state index is 0.291. The van der Waals surface area contributed by atoms with Gasteiger partial charge in [-0.1, -0.05) is 29.8 Å². The first-order valence-electron chi connectivity index (χ1n) is 9.88. The van der Waals surface area contributed by atoms with E-state index in [4.69, 9.17) is 11.6 Å². The first-order valence-corrected chi connectivity index (χ1v) is 11.1. The summed E-state index contributed by atoms with van der Waals surface area (Å²) >= 11 is 6.84. The van der Waals surface area contributed by atoms with Crippen LogP contribution in [0, 0.1) is 13.8 Å². The lowest BCUT2D eigenvalue weighted by Crippen LogP contribution is -2.36. The van der Waals surface area contributed by atoms with Crippen LogP contribution < -0.4 is 5.32 Å².